The lowest BCUT2D eigenvalue weighted by molar-refractivity contribution is 0.174. The van der Waals surface area contributed by atoms with Crippen LogP contribution in [0.5, 0.6) is 11.5 Å². The van der Waals surface area contributed by atoms with Gasteiger partial charge in [-0.25, -0.2) is 9.67 Å². The average Bonchev–Trinajstić information content (AvgIpc) is 3.74. The SMILES string of the molecule is COc1cc2c(cc1OC)C(Cc1ccccc1)N(CCn1ncc(-c3n[nH]c(-c4ccco4)n3)c1N)CC2. The van der Waals surface area contributed by atoms with E-state index in [0.29, 0.717) is 35.3 Å². The number of fused-ring (bicyclic) bond motifs is 1. The fourth-order valence-corrected chi connectivity index (χ4v) is 5.30. The van der Waals surface area contributed by atoms with Crippen LogP contribution in [-0.4, -0.2) is 57.2 Å². The highest BCUT2D eigenvalue weighted by molar-refractivity contribution is 5.69. The number of methoxy groups -OCH3 is 2. The van der Waals surface area contributed by atoms with Crippen molar-refractivity contribution >= 4 is 5.82 Å². The van der Waals surface area contributed by atoms with E-state index in [1.807, 2.05) is 16.8 Å². The minimum Gasteiger partial charge on any atom is -0.493 e. The topological polar surface area (TPSA) is 120 Å². The lowest BCUT2D eigenvalue weighted by atomic mass is 9.88. The zero-order valence-corrected chi connectivity index (χ0v) is 22.0. The molecule has 0 saturated carbocycles. The summed E-state index contributed by atoms with van der Waals surface area (Å²) in [5.41, 5.74) is 11.0. The smallest absolute Gasteiger partial charge is 0.192 e. The highest BCUT2D eigenvalue weighted by atomic mass is 16.5. The maximum Gasteiger partial charge on any atom is 0.192 e. The molecule has 2 aromatic carbocycles. The van der Waals surface area contributed by atoms with Crippen LogP contribution in [0.2, 0.25) is 0 Å². The van der Waals surface area contributed by atoms with Crippen LogP contribution in [-0.2, 0) is 19.4 Å². The fraction of sp³-hybridized carbons (Fsp3) is 0.276. The van der Waals surface area contributed by atoms with E-state index in [9.17, 15) is 0 Å². The minimum absolute atomic E-state index is 0.177. The zero-order chi connectivity index (χ0) is 26.8. The third kappa shape index (κ3) is 4.86. The number of nitrogens with two attached hydrogens (primary N) is 1. The van der Waals surface area contributed by atoms with Crippen molar-refractivity contribution in [1.29, 1.82) is 0 Å². The molecule has 1 atom stereocenters. The number of nitrogen functional groups attached to an aromatic ring is 1. The standard InChI is InChI=1S/C29H31N7O3/c1-37-25-16-20-10-11-35(23(21(20)17-26(25)38-2)15-19-7-4-3-5-8-19)12-13-36-27(30)22(18-31-36)28-32-29(34-33-28)24-9-6-14-39-24/h3-9,14,16-18,23H,10-13,15,30H2,1-2H3,(H,32,33,34). The van der Waals surface area contributed by atoms with Crippen LogP contribution in [0, 0.1) is 0 Å². The lowest BCUT2D eigenvalue weighted by Gasteiger charge is -2.38. The summed E-state index contributed by atoms with van der Waals surface area (Å²) in [5.74, 6) is 3.69. The van der Waals surface area contributed by atoms with Gasteiger partial charge < -0.3 is 19.6 Å². The van der Waals surface area contributed by atoms with Crippen molar-refractivity contribution in [2.24, 2.45) is 0 Å². The molecule has 0 amide bonds. The van der Waals surface area contributed by atoms with Gasteiger partial charge >= 0.3 is 0 Å². The molecule has 6 rings (SSSR count). The Bertz CT molecular complexity index is 1540. The van der Waals surface area contributed by atoms with E-state index in [1.165, 1.54) is 16.7 Å². The first kappa shape index (κ1) is 24.7. The Labute approximate surface area is 226 Å². The number of H-pyrrole nitrogens is 1. The molecule has 0 aliphatic carbocycles. The van der Waals surface area contributed by atoms with Gasteiger partial charge in [-0.2, -0.15) is 10.2 Å². The molecule has 200 valence electrons. The fourth-order valence-electron chi connectivity index (χ4n) is 5.30. The molecule has 0 fully saturated rings. The Balaban J connectivity index is 1.24. The number of hydrogen-bond acceptors (Lipinski definition) is 8. The summed E-state index contributed by atoms with van der Waals surface area (Å²) in [7, 11) is 3.36. The number of furan rings is 1. The molecule has 3 N–H and O–H groups in total. The first-order valence-corrected chi connectivity index (χ1v) is 12.9. The second-order valence-electron chi connectivity index (χ2n) is 9.55. The van der Waals surface area contributed by atoms with Gasteiger partial charge in [0.2, 0.25) is 0 Å². The molecule has 1 aliphatic heterocycles. The summed E-state index contributed by atoms with van der Waals surface area (Å²) in [5, 5.41) is 11.8. The van der Waals surface area contributed by atoms with E-state index in [-0.39, 0.29) is 6.04 Å². The summed E-state index contributed by atoms with van der Waals surface area (Å²) >= 11 is 0. The Morgan fingerprint density at radius 1 is 1.05 bits per heavy atom. The lowest BCUT2D eigenvalue weighted by Crippen LogP contribution is -2.39. The van der Waals surface area contributed by atoms with Gasteiger partial charge in [0, 0.05) is 19.1 Å². The first-order valence-electron chi connectivity index (χ1n) is 12.9. The molecule has 10 heteroatoms. The Hall–Kier alpha value is -4.57. The van der Waals surface area contributed by atoms with Gasteiger partial charge in [-0.05, 0) is 53.8 Å². The summed E-state index contributed by atoms with van der Waals surface area (Å²) < 4.78 is 18.5. The maximum absolute atomic E-state index is 6.52. The van der Waals surface area contributed by atoms with Crippen molar-refractivity contribution in [3.63, 3.8) is 0 Å². The molecule has 5 aromatic rings. The Morgan fingerprint density at radius 3 is 2.64 bits per heavy atom. The third-order valence-electron chi connectivity index (χ3n) is 7.35. The zero-order valence-electron chi connectivity index (χ0n) is 22.0. The van der Waals surface area contributed by atoms with E-state index in [4.69, 9.17) is 19.6 Å². The number of hydrogen-bond donors (Lipinski definition) is 2. The predicted octanol–water partition coefficient (Wildman–Crippen LogP) is 4.37. The van der Waals surface area contributed by atoms with E-state index >= 15 is 0 Å². The summed E-state index contributed by atoms with van der Waals surface area (Å²) in [6.45, 7) is 2.33. The molecule has 0 radical (unpaired) electrons. The van der Waals surface area contributed by atoms with Gasteiger partial charge in [0.05, 0.1) is 38.8 Å². The van der Waals surface area contributed by atoms with Crippen LogP contribution >= 0.6 is 0 Å². The molecule has 10 nitrogen and oxygen atoms in total. The molecule has 39 heavy (non-hydrogen) atoms. The molecule has 4 heterocycles. The van der Waals surface area contributed by atoms with Crippen LogP contribution in [0.3, 0.4) is 0 Å². The molecule has 3 aromatic heterocycles. The van der Waals surface area contributed by atoms with Gasteiger partial charge in [0.25, 0.3) is 0 Å². The van der Waals surface area contributed by atoms with Crippen LogP contribution in [0.25, 0.3) is 23.0 Å². The molecule has 1 aliphatic rings. The molecular weight excluding hydrogens is 494 g/mol. The van der Waals surface area contributed by atoms with Crippen LogP contribution in [0.4, 0.5) is 5.82 Å². The average molecular weight is 526 g/mol. The Kier molecular flexibility index (Phi) is 6.76. The number of aromatic amines is 1. The normalized spacial score (nSPS) is 15.3. The minimum atomic E-state index is 0.177. The van der Waals surface area contributed by atoms with Crippen LogP contribution < -0.4 is 15.2 Å². The molecule has 0 bridgehead atoms. The van der Waals surface area contributed by atoms with Crippen molar-refractivity contribution in [1.82, 2.24) is 29.9 Å². The van der Waals surface area contributed by atoms with Gasteiger partial charge in [-0.15, -0.1) is 0 Å². The number of rotatable bonds is 9. The number of ether oxygens (including phenoxy) is 2. The van der Waals surface area contributed by atoms with Crippen molar-refractivity contribution in [3.05, 3.63) is 83.7 Å². The monoisotopic (exact) mass is 525 g/mol. The van der Waals surface area contributed by atoms with Gasteiger partial charge in [0.15, 0.2) is 28.9 Å². The van der Waals surface area contributed by atoms with Gasteiger partial charge in [0.1, 0.15) is 5.82 Å². The first-order chi connectivity index (χ1) is 19.1. The number of aromatic nitrogens is 5. The van der Waals surface area contributed by atoms with Gasteiger partial charge in [-0.1, -0.05) is 30.3 Å². The summed E-state index contributed by atoms with van der Waals surface area (Å²) in [4.78, 5) is 7.04. The highest BCUT2D eigenvalue weighted by Gasteiger charge is 2.29. The number of anilines is 1. The molecule has 0 saturated heterocycles. The number of nitrogens with one attached hydrogen (secondary N) is 1. The van der Waals surface area contributed by atoms with E-state index < -0.39 is 0 Å². The maximum atomic E-state index is 6.52. The van der Waals surface area contributed by atoms with Crippen LogP contribution in [0.1, 0.15) is 22.7 Å². The number of benzene rings is 2. The second-order valence-corrected chi connectivity index (χ2v) is 9.55. The summed E-state index contributed by atoms with van der Waals surface area (Å²) in [6, 6.07) is 18.6. The van der Waals surface area contributed by atoms with Crippen LogP contribution in [0.15, 0.2) is 71.5 Å². The molecular formula is C29H31N7O3. The number of nitrogens with zero attached hydrogens (tertiary/aromatic N) is 5. The summed E-state index contributed by atoms with van der Waals surface area (Å²) in [6.07, 6.45) is 5.12. The largest absolute Gasteiger partial charge is 0.493 e. The molecule has 0 spiro atoms. The van der Waals surface area contributed by atoms with E-state index in [2.05, 4.69) is 61.6 Å². The van der Waals surface area contributed by atoms with Crippen molar-refractivity contribution < 1.29 is 13.9 Å². The quantitative estimate of drug-likeness (QED) is 0.291. The third-order valence-corrected chi connectivity index (χ3v) is 7.35. The molecule has 1 unspecified atom stereocenters. The van der Waals surface area contributed by atoms with E-state index in [0.717, 1.165) is 37.4 Å². The highest BCUT2D eigenvalue weighted by Crippen LogP contribution is 2.39. The van der Waals surface area contributed by atoms with E-state index in [1.54, 1.807) is 32.7 Å². The van der Waals surface area contributed by atoms with Crippen molar-refractivity contribution in [3.8, 4) is 34.5 Å². The van der Waals surface area contributed by atoms with Crippen molar-refractivity contribution in [2.75, 3.05) is 33.0 Å². The predicted molar refractivity (Wildman–Crippen MR) is 147 cm³/mol. The van der Waals surface area contributed by atoms with Gasteiger partial charge in [-0.3, -0.25) is 10.00 Å². The Morgan fingerprint density at radius 2 is 1.87 bits per heavy atom. The van der Waals surface area contributed by atoms with Crippen molar-refractivity contribution in [2.45, 2.75) is 25.4 Å². The second kappa shape index (κ2) is 10.7.